The number of hydrogen-bond donors (Lipinski definition) is 0. The van der Waals surface area contributed by atoms with E-state index in [1.165, 1.54) is 35.0 Å². The number of sulfonamides is 2. The van der Waals surface area contributed by atoms with Crippen molar-refractivity contribution in [3.05, 3.63) is 71.8 Å². The Morgan fingerprint density at radius 2 is 1.06 bits per heavy atom. The van der Waals surface area contributed by atoms with Gasteiger partial charge in [0.25, 0.3) is 20.0 Å². The van der Waals surface area contributed by atoms with Gasteiger partial charge in [0.2, 0.25) is 0 Å². The molecule has 2 heterocycles. The van der Waals surface area contributed by atoms with Gasteiger partial charge in [-0.25, -0.2) is 16.8 Å². The summed E-state index contributed by atoms with van der Waals surface area (Å²) in [6.07, 6.45) is 2.86. The first-order chi connectivity index (χ1) is 17.3. The minimum atomic E-state index is -4.15. The van der Waals surface area contributed by atoms with Crippen LogP contribution >= 0.6 is 0 Å². The van der Waals surface area contributed by atoms with E-state index in [0.717, 1.165) is 24.0 Å². The molecule has 0 unspecified atom stereocenters. The summed E-state index contributed by atoms with van der Waals surface area (Å²) in [5.74, 6) is 0.0424. The number of methoxy groups -OCH3 is 2. The van der Waals surface area contributed by atoms with Crippen LogP contribution in [0.5, 0.6) is 11.5 Å². The van der Waals surface area contributed by atoms with E-state index < -0.39 is 20.0 Å². The first-order valence-corrected chi connectivity index (χ1v) is 14.6. The smallest absolute Gasteiger partial charge is 0.268 e. The predicted octanol–water partition coefficient (Wildman–Crippen LogP) is 3.99. The lowest BCUT2D eigenvalue weighted by Crippen LogP contribution is -2.37. The van der Waals surface area contributed by atoms with Gasteiger partial charge in [-0.2, -0.15) is 0 Å². The van der Waals surface area contributed by atoms with Gasteiger partial charge in [0.15, 0.2) is 0 Å². The second kappa shape index (κ2) is 9.33. The third kappa shape index (κ3) is 3.98. The van der Waals surface area contributed by atoms with Gasteiger partial charge in [-0.3, -0.25) is 8.61 Å². The number of benzene rings is 3. The number of aryl methyl sites for hydroxylation is 2. The Bertz CT molecular complexity index is 1410. The van der Waals surface area contributed by atoms with Crippen molar-refractivity contribution >= 4 is 31.4 Å². The second-order valence-electron chi connectivity index (χ2n) is 8.77. The lowest BCUT2D eigenvalue weighted by molar-refractivity contribution is 0.378. The van der Waals surface area contributed by atoms with E-state index in [-0.39, 0.29) is 34.4 Å². The molecule has 0 saturated heterocycles. The Labute approximate surface area is 212 Å². The molecule has 190 valence electrons. The van der Waals surface area contributed by atoms with Crippen molar-refractivity contribution < 1.29 is 26.3 Å². The van der Waals surface area contributed by atoms with Crippen LogP contribution in [-0.2, 0) is 32.9 Å². The van der Waals surface area contributed by atoms with Crippen LogP contribution in [0.15, 0.2) is 70.5 Å². The summed E-state index contributed by atoms with van der Waals surface area (Å²) in [5.41, 5.74) is 3.04. The zero-order valence-electron chi connectivity index (χ0n) is 20.2. The summed E-state index contributed by atoms with van der Waals surface area (Å²) < 4.78 is 69.4. The molecule has 2 aliphatic rings. The molecule has 10 heteroatoms. The number of nitrogens with zero attached hydrogens (tertiary/aromatic N) is 2. The maximum atomic E-state index is 14.0. The largest absolute Gasteiger partial charge is 0.495 e. The van der Waals surface area contributed by atoms with E-state index >= 15 is 0 Å². The van der Waals surface area contributed by atoms with Crippen molar-refractivity contribution in [1.82, 2.24) is 0 Å². The predicted molar refractivity (Wildman–Crippen MR) is 138 cm³/mol. The third-order valence-corrected chi connectivity index (χ3v) is 10.4. The zero-order valence-corrected chi connectivity index (χ0v) is 21.8. The van der Waals surface area contributed by atoms with Crippen molar-refractivity contribution in [1.29, 1.82) is 0 Å². The van der Waals surface area contributed by atoms with E-state index in [0.29, 0.717) is 24.2 Å². The second-order valence-corrected chi connectivity index (χ2v) is 12.4. The first kappa shape index (κ1) is 24.5. The molecule has 0 radical (unpaired) electrons. The molecule has 3 aromatic carbocycles. The SMILES string of the molecule is COc1cc(OC)c(S(=O)(=O)N2CCCc3ccccc32)cc1S(=O)(=O)N1CCCc2ccccc21. The van der Waals surface area contributed by atoms with E-state index in [1.807, 2.05) is 24.3 Å². The van der Waals surface area contributed by atoms with Crippen LogP contribution in [-0.4, -0.2) is 44.1 Å². The topological polar surface area (TPSA) is 93.2 Å². The van der Waals surface area contributed by atoms with Crippen LogP contribution < -0.4 is 18.1 Å². The minimum absolute atomic E-state index is 0.0212. The highest BCUT2D eigenvalue weighted by Gasteiger charge is 2.37. The number of anilines is 2. The Morgan fingerprint density at radius 3 is 1.47 bits per heavy atom. The average Bonchev–Trinajstić information content (AvgIpc) is 2.91. The highest BCUT2D eigenvalue weighted by atomic mass is 32.2. The molecule has 3 aromatic rings. The number of fused-ring (bicyclic) bond motifs is 2. The molecular weight excluding hydrogens is 500 g/mol. The molecule has 5 rings (SSSR count). The Kier molecular flexibility index (Phi) is 6.34. The Hall–Kier alpha value is -3.24. The molecular formula is C26H28N2O6S2. The van der Waals surface area contributed by atoms with Gasteiger partial charge < -0.3 is 9.47 Å². The van der Waals surface area contributed by atoms with E-state index in [1.54, 1.807) is 24.3 Å². The van der Waals surface area contributed by atoms with Crippen LogP contribution in [0.3, 0.4) is 0 Å². The summed E-state index contributed by atoms with van der Waals surface area (Å²) in [4.78, 5) is -0.433. The van der Waals surface area contributed by atoms with E-state index in [4.69, 9.17) is 9.47 Å². The Balaban J connectivity index is 1.68. The maximum absolute atomic E-state index is 14.0. The van der Waals surface area contributed by atoms with Crippen LogP contribution in [0.25, 0.3) is 0 Å². The van der Waals surface area contributed by atoms with Crippen molar-refractivity contribution in [3.8, 4) is 11.5 Å². The molecule has 2 aliphatic heterocycles. The summed E-state index contributed by atoms with van der Waals surface area (Å²) >= 11 is 0. The van der Waals surface area contributed by atoms with Gasteiger partial charge in [0.05, 0.1) is 25.6 Å². The fourth-order valence-electron chi connectivity index (χ4n) is 4.98. The summed E-state index contributed by atoms with van der Waals surface area (Å²) in [6, 6.07) is 17.2. The van der Waals surface area contributed by atoms with Crippen LogP contribution in [0, 0.1) is 0 Å². The van der Waals surface area contributed by atoms with Crippen LogP contribution in [0.1, 0.15) is 24.0 Å². The molecule has 0 aromatic heterocycles. The van der Waals surface area contributed by atoms with Gasteiger partial charge in [-0.1, -0.05) is 36.4 Å². The highest BCUT2D eigenvalue weighted by molar-refractivity contribution is 7.93. The van der Waals surface area contributed by atoms with Gasteiger partial charge in [-0.05, 0) is 55.0 Å². The summed E-state index contributed by atoms with van der Waals surface area (Å²) in [5, 5.41) is 0. The lowest BCUT2D eigenvalue weighted by atomic mass is 10.0. The molecule has 0 atom stereocenters. The van der Waals surface area contributed by atoms with Crippen LogP contribution in [0.2, 0.25) is 0 Å². The first-order valence-electron chi connectivity index (χ1n) is 11.8. The normalized spacial score (nSPS) is 15.7. The average molecular weight is 529 g/mol. The van der Waals surface area contributed by atoms with Crippen molar-refractivity contribution in [2.45, 2.75) is 35.5 Å². The fraction of sp³-hybridized carbons (Fsp3) is 0.308. The van der Waals surface area contributed by atoms with E-state index in [2.05, 4.69) is 0 Å². The van der Waals surface area contributed by atoms with Crippen molar-refractivity contribution in [3.63, 3.8) is 0 Å². The van der Waals surface area contributed by atoms with Crippen molar-refractivity contribution in [2.24, 2.45) is 0 Å². The third-order valence-electron chi connectivity index (χ3n) is 6.72. The highest BCUT2D eigenvalue weighted by Crippen LogP contribution is 2.41. The molecule has 8 nitrogen and oxygen atoms in total. The maximum Gasteiger partial charge on any atom is 0.268 e. The fourth-order valence-corrected chi connectivity index (χ4v) is 8.47. The molecule has 0 N–H and O–H groups in total. The molecule has 0 fully saturated rings. The van der Waals surface area contributed by atoms with E-state index in [9.17, 15) is 16.8 Å². The van der Waals surface area contributed by atoms with Gasteiger partial charge in [0.1, 0.15) is 21.3 Å². The Morgan fingerprint density at radius 1 is 0.639 bits per heavy atom. The molecule has 0 saturated carbocycles. The van der Waals surface area contributed by atoms with Gasteiger partial charge in [0, 0.05) is 19.2 Å². The van der Waals surface area contributed by atoms with Gasteiger partial charge in [-0.15, -0.1) is 0 Å². The molecule has 36 heavy (non-hydrogen) atoms. The summed E-state index contributed by atoms with van der Waals surface area (Å²) in [7, 11) is -5.59. The molecule has 0 amide bonds. The quantitative estimate of drug-likeness (QED) is 0.480. The molecule has 0 bridgehead atoms. The number of ether oxygens (including phenoxy) is 2. The number of rotatable bonds is 6. The number of hydrogen-bond acceptors (Lipinski definition) is 6. The molecule has 0 spiro atoms. The lowest BCUT2D eigenvalue weighted by Gasteiger charge is -2.32. The van der Waals surface area contributed by atoms with Crippen molar-refractivity contribution in [2.75, 3.05) is 35.9 Å². The zero-order chi connectivity index (χ0) is 25.5. The van der Waals surface area contributed by atoms with Crippen LogP contribution in [0.4, 0.5) is 11.4 Å². The number of para-hydroxylation sites is 2. The summed E-state index contributed by atoms with van der Waals surface area (Å²) in [6.45, 7) is 0.576. The molecule has 0 aliphatic carbocycles. The standard InChI is InChI=1S/C26H28N2O6S2/c1-33-23-17-24(34-2)26(36(31,32)28-16-8-12-20-10-4-6-14-22(20)28)18-25(23)35(29,30)27-15-7-11-19-9-3-5-13-21(19)27/h3-6,9-10,13-14,17-18H,7-8,11-12,15-16H2,1-2H3. The minimum Gasteiger partial charge on any atom is -0.495 e. The van der Waals surface area contributed by atoms with Gasteiger partial charge >= 0.3 is 0 Å². The monoisotopic (exact) mass is 528 g/mol.